The number of carbonyl (C=O) groups is 1. The molecule has 1 amide bonds. The van der Waals surface area contributed by atoms with Crippen LogP contribution in [0.1, 0.15) is 30.1 Å². The van der Waals surface area contributed by atoms with E-state index in [2.05, 4.69) is 0 Å². The molecule has 1 aliphatic rings. The van der Waals surface area contributed by atoms with Crippen LogP contribution in [-0.4, -0.2) is 40.0 Å². The van der Waals surface area contributed by atoms with Crippen molar-refractivity contribution in [1.82, 2.24) is 4.90 Å². The maximum atomic E-state index is 12.4. The Morgan fingerprint density at radius 1 is 1.40 bits per heavy atom. The molecule has 2 rings (SSSR count). The number of non-ortho nitro benzene ring substituents is 1. The van der Waals surface area contributed by atoms with Crippen molar-refractivity contribution in [2.24, 2.45) is 5.92 Å². The molecular weight excluding hydrogens is 260 g/mol. The highest BCUT2D eigenvalue weighted by Crippen LogP contribution is 2.24. The summed E-state index contributed by atoms with van der Waals surface area (Å²) in [6.45, 7) is 2.60. The minimum Gasteiger partial charge on any atom is -0.396 e. The van der Waals surface area contributed by atoms with Crippen LogP contribution in [0.3, 0.4) is 0 Å². The Bertz CT molecular complexity index is 500. The molecule has 0 aromatic heterocycles. The summed E-state index contributed by atoms with van der Waals surface area (Å²) in [7, 11) is 0. The van der Waals surface area contributed by atoms with Crippen LogP contribution in [-0.2, 0) is 0 Å². The molecule has 0 bridgehead atoms. The largest absolute Gasteiger partial charge is 0.396 e. The van der Waals surface area contributed by atoms with Gasteiger partial charge in [-0.1, -0.05) is 0 Å². The molecule has 0 radical (unpaired) electrons. The van der Waals surface area contributed by atoms with Crippen molar-refractivity contribution in [2.75, 3.05) is 13.2 Å². The number of hydrogen-bond donors (Lipinski definition) is 1. The lowest BCUT2D eigenvalue weighted by Gasteiger charge is -2.37. The van der Waals surface area contributed by atoms with Crippen molar-refractivity contribution in [2.45, 2.75) is 25.8 Å². The van der Waals surface area contributed by atoms with Gasteiger partial charge in [0, 0.05) is 36.9 Å². The van der Waals surface area contributed by atoms with Crippen molar-refractivity contribution in [3.8, 4) is 0 Å². The quantitative estimate of drug-likeness (QED) is 0.675. The fourth-order valence-electron chi connectivity index (χ4n) is 2.51. The predicted octanol–water partition coefficient (Wildman–Crippen LogP) is 1.83. The van der Waals surface area contributed by atoms with Gasteiger partial charge < -0.3 is 10.0 Å². The number of piperidine rings is 1. The van der Waals surface area contributed by atoms with Crippen LogP contribution in [0.2, 0.25) is 0 Å². The molecule has 0 saturated carbocycles. The van der Waals surface area contributed by atoms with Crippen LogP contribution in [0.15, 0.2) is 24.3 Å². The topological polar surface area (TPSA) is 83.7 Å². The summed E-state index contributed by atoms with van der Waals surface area (Å²) >= 11 is 0. The second-order valence-electron chi connectivity index (χ2n) is 5.24. The summed E-state index contributed by atoms with van der Waals surface area (Å²) in [6.07, 6.45) is 1.78. The third-order valence-corrected chi connectivity index (χ3v) is 3.82. The molecule has 2 unspecified atom stereocenters. The number of nitro groups is 1. The molecule has 0 aliphatic carbocycles. The Hall–Kier alpha value is -1.95. The van der Waals surface area contributed by atoms with Gasteiger partial charge in [0.15, 0.2) is 0 Å². The maximum Gasteiger partial charge on any atom is 0.269 e. The highest BCUT2D eigenvalue weighted by Gasteiger charge is 2.29. The van der Waals surface area contributed by atoms with Crippen molar-refractivity contribution in [3.63, 3.8) is 0 Å². The maximum absolute atomic E-state index is 12.4. The minimum absolute atomic E-state index is 0.0264. The van der Waals surface area contributed by atoms with Gasteiger partial charge in [-0.15, -0.1) is 0 Å². The number of likely N-dealkylation sites (tertiary alicyclic amines) is 1. The van der Waals surface area contributed by atoms with Crippen molar-refractivity contribution >= 4 is 11.6 Å². The molecular formula is C14H18N2O4. The average Bonchev–Trinajstić information content (AvgIpc) is 2.47. The molecule has 2 atom stereocenters. The fourth-order valence-corrected chi connectivity index (χ4v) is 2.51. The van der Waals surface area contributed by atoms with Crippen LogP contribution < -0.4 is 0 Å². The Balaban J connectivity index is 2.15. The summed E-state index contributed by atoms with van der Waals surface area (Å²) in [5.41, 5.74) is 0.419. The predicted molar refractivity (Wildman–Crippen MR) is 73.4 cm³/mol. The van der Waals surface area contributed by atoms with Gasteiger partial charge >= 0.3 is 0 Å². The monoisotopic (exact) mass is 278 g/mol. The molecule has 1 N–H and O–H groups in total. The zero-order chi connectivity index (χ0) is 14.7. The lowest BCUT2D eigenvalue weighted by atomic mass is 9.93. The van der Waals surface area contributed by atoms with Crippen molar-refractivity contribution in [3.05, 3.63) is 39.9 Å². The lowest BCUT2D eigenvalue weighted by molar-refractivity contribution is -0.384. The van der Waals surface area contributed by atoms with E-state index in [1.807, 2.05) is 6.92 Å². The Kier molecular flexibility index (Phi) is 4.34. The van der Waals surface area contributed by atoms with Gasteiger partial charge in [-0.25, -0.2) is 0 Å². The number of aliphatic hydroxyl groups is 1. The molecule has 1 aromatic carbocycles. The van der Waals surface area contributed by atoms with E-state index in [0.29, 0.717) is 12.1 Å². The molecule has 6 nitrogen and oxygen atoms in total. The summed E-state index contributed by atoms with van der Waals surface area (Å²) in [5, 5.41) is 19.8. The van der Waals surface area contributed by atoms with E-state index in [1.165, 1.54) is 24.3 Å². The number of nitro benzene ring substituents is 1. The summed E-state index contributed by atoms with van der Waals surface area (Å²) in [4.78, 5) is 24.3. The molecule has 1 fully saturated rings. The number of benzene rings is 1. The standard InChI is InChI=1S/C14H18N2O4/c1-10-2-3-11(9-17)8-15(10)14(18)12-4-6-13(7-5-12)16(19)20/h4-7,10-11,17H,2-3,8-9H2,1H3. The summed E-state index contributed by atoms with van der Waals surface area (Å²) < 4.78 is 0. The Morgan fingerprint density at radius 2 is 2.05 bits per heavy atom. The molecule has 1 aromatic rings. The SMILES string of the molecule is CC1CCC(CO)CN1C(=O)c1ccc([N+](=O)[O-])cc1. The van der Waals surface area contributed by atoms with Gasteiger partial charge in [0.05, 0.1) is 4.92 Å². The zero-order valence-corrected chi connectivity index (χ0v) is 11.4. The number of aliphatic hydroxyl groups excluding tert-OH is 1. The molecule has 1 saturated heterocycles. The van der Waals surface area contributed by atoms with E-state index < -0.39 is 4.92 Å². The smallest absolute Gasteiger partial charge is 0.269 e. The number of amides is 1. The number of rotatable bonds is 3. The normalized spacial score (nSPS) is 22.6. The zero-order valence-electron chi connectivity index (χ0n) is 11.4. The molecule has 20 heavy (non-hydrogen) atoms. The van der Waals surface area contributed by atoms with Gasteiger partial charge in [0.25, 0.3) is 11.6 Å². The van der Waals surface area contributed by atoms with Crippen molar-refractivity contribution < 1.29 is 14.8 Å². The van der Waals surface area contributed by atoms with E-state index >= 15 is 0 Å². The van der Waals surface area contributed by atoms with E-state index in [1.54, 1.807) is 4.90 Å². The number of nitrogens with zero attached hydrogens (tertiary/aromatic N) is 2. The van der Waals surface area contributed by atoms with Crippen LogP contribution in [0.5, 0.6) is 0 Å². The summed E-state index contributed by atoms with van der Waals surface area (Å²) in [6, 6.07) is 5.77. The third-order valence-electron chi connectivity index (χ3n) is 3.82. The first kappa shape index (κ1) is 14.5. The van der Waals surface area contributed by atoms with E-state index in [0.717, 1.165) is 12.8 Å². The highest BCUT2D eigenvalue weighted by atomic mass is 16.6. The first-order chi connectivity index (χ1) is 9.52. The number of carbonyl (C=O) groups excluding carboxylic acids is 1. The van der Waals surface area contributed by atoms with Gasteiger partial charge in [-0.2, -0.15) is 0 Å². The lowest BCUT2D eigenvalue weighted by Crippen LogP contribution is -2.46. The van der Waals surface area contributed by atoms with Crippen LogP contribution in [0.4, 0.5) is 5.69 Å². The fraction of sp³-hybridized carbons (Fsp3) is 0.500. The van der Waals surface area contributed by atoms with Crippen LogP contribution in [0.25, 0.3) is 0 Å². The second kappa shape index (κ2) is 6.00. The minimum atomic E-state index is -0.487. The van der Waals surface area contributed by atoms with Gasteiger partial charge in [-0.3, -0.25) is 14.9 Å². The average molecular weight is 278 g/mol. The van der Waals surface area contributed by atoms with Gasteiger partial charge in [0.1, 0.15) is 0 Å². The molecule has 108 valence electrons. The Labute approximate surface area is 117 Å². The Morgan fingerprint density at radius 3 is 2.60 bits per heavy atom. The van der Waals surface area contributed by atoms with Crippen LogP contribution in [0, 0.1) is 16.0 Å². The second-order valence-corrected chi connectivity index (χ2v) is 5.24. The van der Waals surface area contributed by atoms with E-state index in [9.17, 15) is 20.0 Å². The van der Waals surface area contributed by atoms with Crippen molar-refractivity contribution in [1.29, 1.82) is 0 Å². The number of hydrogen-bond acceptors (Lipinski definition) is 4. The van der Waals surface area contributed by atoms with Gasteiger partial charge in [-0.05, 0) is 37.8 Å². The third kappa shape index (κ3) is 2.96. The first-order valence-corrected chi connectivity index (χ1v) is 6.69. The van der Waals surface area contributed by atoms with Gasteiger partial charge in [0.2, 0.25) is 0 Å². The summed E-state index contributed by atoms with van der Waals surface area (Å²) in [5.74, 6) is -0.0150. The highest BCUT2D eigenvalue weighted by molar-refractivity contribution is 5.94. The molecule has 1 heterocycles. The molecule has 1 aliphatic heterocycles. The van der Waals surface area contributed by atoms with Crippen LogP contribution >= 0.6 is 0 Å². The van der Waals surface area contributed by atoms with E-state index in [4.69, 9.17) is 0 Å². The molecule has 0 spiro atoms. The van der Waals surface area contributed by atoms with E-state index in [-0.39, 0.29) is 30.2 Å². The molecule has 6 heteroatoms. The first-order valence-electron chi connectivity index (χ1n) is 6.69.